The lowest BCUT2D eigenvalue weighted by Gasteiger charge is -2.18. The number of ether oxygens (including phenoxy) is 1. The largest absolute Gasteiger partial charge is 0.379 e. The number of rotatable bonds is 7. The number of amides is 1. The number of nitrogens with one attached hydrogen (secondary N) is 2. The number of hydrogen-bond acceptors (Lipinski definition) is 4. The van der Waals surface area contributed by atoms with Gasteiger partial charge in [-0.1, -0.05) is 37.3 Å². The first-order valence-electron chi connectivity index (χ1n) is 7.08. The lowest BCUT2D eigenvalue weighted by atomic mass is 10.0. The van der Waals surface area contributed by atoms with E-state index < -0.39 is 0 Å². The van der Waals surface area contributed by atoms with Gasteiger partial charge in [0.2, 0.25) is 0 Å². The number of benzene rings is 1. The molecule has 1 aliphatic heterocycles. The molecule has 0 radical (unpaired) electrons. The molecule has 0 bridgehead atoms. The molecule has 1 saturated heterocycles. The first-order chi connectivity index (χ1) is 9.81. The van der Waals surface area contributed by atoms with Gasteiger partial charge in [0, 0.05) is 6.04 Å². The maximum atomic E-state index is 12.1. The van der Waals surface area contributed by atoms with Crippen molar-refractivity contribution in [2.24, 2.45) is 5.92 Å². The lowest BCUT2D eigenvalue weighted by molar-refractivity contribution is -0.139. The van der Waals surface area contributed by atoms with Crippen LogP contribution in [0.5, 0.6) is 0 Å². The van der Waals surface area contributed by atoms with Crippen LogP contribution in [0.1, 0.15) is 18.9 Å². The molecule has 5 heteroatoms. The molecule has 5 nitrogen and oxygen atoms in total. The molecule has 0 saturated carbocycles. The van der Waals surface area contributed by atoms with Gasteiger partial charge in [-0.2, -0.15) is 0 Å². The van der Waals surface area contributed by atoms with Crippen LogP contribution in [-0.4, -0.2) is 31.7 Å². The summed E-state index contributed by atoms with van der Waals surface area (Å²) < 4.78 is 5.37. The van der Waals surface area contributed by atoms with Crippen molar-refractivity contribution in [1.82, 2.24) is 10.8 Å². The van der Waals surface area contributed by atoms with Gasteiger partial charge in [0.1, 0.15) is 0 Å². The minimum absolute atomic E-state index is 0.0790. The number of carbonyl (C=O) groups is 1. The Balaban J connectivity index is 1.73. The Morgan fingerprint density at radius 3 is 2.90 bits per heavy atom. The van der Waals surface area contributed by atoms with Crippen molar-refractivity contribution in [1.29, 1.82) is 0 Å². The zero-order chi connectivity index (χ0) is 14.2. The van der Waals surface area contributed by atoms with Gasteiger partial charge in [-0.05, 0) is 18.5 Å². The fourth-order valence-electron chi connectivity index (χ4n) is 2.18. The molecular formula is C15H22N2O3. The topological polar surface area (TPSA) is 59.6 Å². The van der Waals surface area contributed by atoms with Crippen molar-refractivity contribution >= 4 is 5.91 Å². The summed E-state index contributed by atoms with van der Waals surface area (Å²) in [5, 5.41) is 3.33. The fourth-order valence-corrected chi connectivity index (χ4v) is 2.18. The highest BCUT2D eigenvalue weighted by Crippen LogP contribution is 2.14. The highest BCUT2D eigenvalue weighted by atomic mass is 16.7. The second kappa shape index (κ2) is 7.99. The van der Waals surface area contributed by atoms with Crippen molar-refractivity contribution < 1.29 is 14.4 Å². The Hall–Kier alpha value is -1.43. The third kappa shape index (κ3) is 4.30. The quantitative estimate of drug-likeness (QED) is 0.737. The minimum Gasteiger partial charge on any atom is -0.379 e. The van der Waals surface area contributed by atoms with E-state index in [2.05, 4.69) is 17.7 Å². The Morgan fingerprint density at radius 2 is 2.15 bits per heavy atom. The second-order valence-electron chi connectivity index (χ2n) is 4.95. The first-order valence-corrected chi connectivity index (χ1v) is 7.08. The van der Waals surface area contributed by atoms with E-state index in [1.54, 1.807) is 0 Å². The van der Waals surface area contributed by atoms with Crippen LogP contribution < -0.4 is 10.8 Å². The summed E-state index contributed by atoms with van der Waals surface area (Å²) >= 11 is 0. The van der Waals surface area contributed by atoms with Gasteiger partial charge in [-0.25, -0.2) is 5.48 Å². The standard InChI is InChI=1S/C15H22N2O3/c1-2-8-16-14-11-19-10-13(14)15(18)17-20-9-12-6-4-3-5-7-12/h3-7,13-14,16H,2,8-11H2,1H3,(H,17,18). The van der Waals surface area contributed by atoms with E-state index in [9.17, 15) is 4.79 Å². The summed E-state index contributed by atoms with van der Waals surface area (Å²) in [5.74, 6) is -0.302. The van der Waals surface area contributed by atoms with Crippen molar-refractivity contribution in [3.8, 4) is 0 Å². The van der Waals surface area contributed by atoms with Crippen LogP contribution in [0.25, 0.3) is 0 Å². The molecule has 1 aromatic rings. The van der Waals surface area contributed by atoms with Crippen LogP contribution >= 0.6 is 0 Å². The zero-order valence-corrected chi connectivity index (χ0v) is 11.8. The summed E-state index contributed by atoms with van der Waals surface area (Å²) in [4.78, 5) is 17.3. The molecule has 110 valence electrons. The van der Waals surface area contributed by atoms with E-state index in [0.29, 0.717) is 19.8 Å². The van der Waals surface area contributed by atoms with Crippen LogP contribution in [0, 0.1) is 5.92 Å². The summed E-state index contributed by atoms with van der Waals surface area (Å²) in [6.45, 7) is 4.38. The van der Waals surface area contributed by atoms with E-state index in [4.69, 9.17) is 9.57 Å². The monoisotopic (exact) mass is 278 g/mol. The average Bonchev–Trinajstić information content (AvgIpc) is 2.94. The summed E-state index contributed by atoms with van der Waals surface area (Å²) in [5.41, 5.74) is 3.54. The normalized spacial score (nSPS) is 21.9. The molecule has 0 spiro atoms. The molecule has 1 fully saturated rings. The molecule has 2 atom stereocenters. The third-order valence-corrected chi connectivity index (χ3v) is 3.33. The lowest BCUT2D eigenvalue weighted by Crippen LogP contribution is -2.44. The molecule has 1 aliphatic rings. The molecule has 2 unspecified atom stereocenters. The Labute approximate surface area is 119 Å². The highest BCUT2D eigenvalue weighted by molar-refractivity contribution is 5.78. The SMILES string of the molecule is CCCNC1COCC1C(=O)NOCc1ccccc1. The van der Waals surface area contributed by atoms with Gasteiger partial charge in [-0.15, -0.1) is 0 Å². The minimum atomic E-state index is -0.183. The highest BCUT2D eigenvalue weighted by Gasteiger charge is 2.33. The maximum absolute atomic E-state index is 12.1. The van der Waals surface area contributed by atoms with Crippen molar-refractivity contribution in [3.63, 3.8) is 0 Å². The molecule has 0 aliphatic carbocycles. The van der Waals surface area contributed by atoms with E-state index in [-0.39, 0.29) is 17.9 Å². The summed E-state index contributed by atoms with van der Waals surface area (Å²) in [7, 11) is 0. The first kappa shape index (κ1) is 15.0. The van der Waals surface area contributed by atoms with E-state index >= 15 is 0 Å². The Morgan fingerprint density at radius 1 is 1.35 bits per heavy atom. The second-order valence-corrected chi connectivity index (χ2v) is 4.95. The number of carbonyl (C=O) groups excluding carboxylic acids is 1. The molecule has 0 aromatic heterocycles. The van der Waals surface area contributed by atoms with Crippen LogP contribution in [-0.2, 0) is 21.0 Å². The summed E-state index contributed by atoms with van der Waals surface area (Å²) in [6, 6.07) is 9.82. The van der Waals surface area contributed by atoms with Crippen LogP contribution in [0.4, 0.5) is 0 Å². The van der Waals surface area contributed by atoms with Crippen LogP contribution in [0.3, 0.4) is 0 Å². The fraction of sp³-hybridized carbons (Fsp3) is 0.533. The average molecular weight is 278 g/mol. The number of hydrogen-bond donors (Lipinski definition) is 2. The smallest absolute Gasteiger partial charge is 0.250 e. The van der Waals surface area contributed by atoms with Gasteiger partial charge < -0.3 is 10.1 Å². The van der Waals surface area contributed by atoms with Gasteiger partial charge in [-0.3, -0.25) is 9.63 Å². The predicted molar refractivity (Wildman–Crippen MR) is 75.8 cm³/mol. The molecule has 1 heterocycles. The third-order valence-electron chi connectivity index (χ3n) is 3.33. The van der Waals surface area contributed by atoms with E-state index in [1.807, 2.05) is 30.3 Å². The number of hydroxylamine groups is 1. The summed E-state index contributed by atoms with van der Waals surface area (Å²) in [6.07, 6.45) is 1.04. The Bertz CT molecular complexity index is 411. The molecule has 2 N–H and O–H groups in total. The van der Waals surface area contributed by atoms with Crippen LogP contribution in [0.2, 0.25) is 0 Å². The van der Waals surface area contributed by atoms with Crippen molar-refractivity contribution in [3.05, 3.63) is 35.9 Å². The molecule has 1 aromatic carbocycles. The van der Waals surface area contributed by atoms with Gasteiger partial charge in [0.25, 0.3) is 5.91 Å². The van der Waals surface area contributed by atoms with Crippen molar-refractivity contribution in [2.45, 2.75) is 26.0 Å². The zero-order valence-electron chi connectivity index (χ0n) is 11.8. The Kier molecular flexibility index (Phi) is 5.98. The molecule has 2 rings (SSSR count). The molecule has 20 heavy (non-hydrogen) atoms. The van der Waals surface area contributed by atoms with Gasteiger partial charge in [0.15, 0.2) is 0 Å². The van der Waals surface area contributed by atoms with E-state index in [0.717, 1.165) is 18.5 Å². The van der Waals surface area contributed by atoms with E-state index in [1.165, 1.54) is 0 Å². The van der Waals surface area contributed by atoms with Crippen LogP contribution in [0.15, 0.2) is 30.3 Å². The maximum Gasteiger partial charge on any atom is 0.250 e. The van der Waals surface area contributed by atoms with Gasteiger partial charge >= 0.3 is 0 Å². The van der Waals surface area contributed by atoms with Gasteiger partial charge in [0.05, 0.1) is 25.7 Å². The molecule has 1 amide bonds. The molecular weight excluding hydrogens is 256 g/mol. The predicted octanol–water partition coefficient (Wildman–Crippen LogP) is 1.25. The van der Waals surface area contributed by atoms with Crippen molar-refractivity contribution in [2.75, 3.05) is 19.8 Å².